The molecule has 0 atom stereocenters. The average Bonchev–Trinajstić information content (AvgIpc) is 3.31. The Morgan fingerprint density at radius 2 is 1.62 bits per heavy atom. The van der Waals surface area contributed by atoms with E-state index in [4.69, 9.17) is 0 Å². The van der Waals surface area contributed by atoms with Crippen molar-refractivity contribution in [1.82, 2.24) is 14.5 Å². The molecule has 9 heteroatoms. The van der Waals surface area contributed by atoms with Crippen molar-refractivity contribution in [2.75, 3.05) is 26.2 Å². The van der Waals surface area contributed by atoms with Gasteiger partial charge in [0.15, 0.2) is 0 Å². The molecule has 3 fully saturated rings. The zero-order valence-corrected chi connectivity index (χ0v) is 20.6. The van der Waals surface area contributed by atoms with Crippen LogP contribution in [-0.2, 0) is 14.8 Å². The summed E-state index contributed by atoms with van der Waals surface area (Å²) in [7, 11) is -3.64. The molecule has 32 heavy (non-hydrogen) atoms. The number of hydrogen-bond donors (Lipinski definition) is 1. The van der Waals surface area contributed by atoms with Gasteiger partial charge in [-0.1, -0.05) is 26.2 Å². The minimum absolute atomic E-state index is 0.0762. The normalized spacial score (nSPS) is 22.7. The molecule has 4 rings (SSSR count). The van der Waals surface area contributed by atoms with Crippen molar-refractivity contribution in [3.05, 3.63) is 17.0 Å². The first-order chi connectivity index (χ1) is 15.3. The van der Waals surface area contributed by atoms with Crippen molar-refractivity contribution in [2.24, 2.45) is 11.8 Å². The van der Waals surface area contributed by atoms with Gasteiger partial charge < -0.3 is 10.2 Å². The Balaban J connectivity index is 1.32. The third-order valence-corrected chi connectivity index (χ3v) is 10.6. The van der Waals surface area contributed by atoms with Crippen LogP contribution >= 0.6 is 11.3 Å². The molecule has 0 radical (unpaired) electrons. The molecule has 2 aliphatic heterocycles. The first kappa shape index (κ1) is 23.7. The molecule has 0 spiro atoms. The lowest BCUT2D eigenvalue weighted by Gasteiger charge is -2.32. The van der Waals surface area contributed by atoms with Gasteiger partial charge in [-0.25, -0.2) is 8.42 Å². The van der Waals surface area contributed by atoms with Crippen LogP contribution in [0.25, 0.3) is 0 Å². The molecule has 1 aromatic heterocycles. The van der Waals surface area contributed by atoms with E-state index < -0.39 is 10.0 Å². The molecule has 3 heterocycles. The van der Waals surface area contributed by atoms with Crippen molar-refractivity contribution in [3.8, 4) is 0 Å². The number of carbonyl (C=O) groups excluding carboxylic acids is 2. The Kier molecular flexibility index (Phi) is 7.57. The molecular formula is C23H35N3O4S2. The number of rotatable bonds is 5. The summed E-state index contributed by atoms with van der Waals surface area (Å²) in [4.78, 5) is 27.2. The minimum atomic E-state index is -3.64. The summed E-state index contributed by atoms with van der Waals surface area (Å²) in [5.41, 5.74) is 0.463. The smallest absolute Gasteiger partial charge is 0.254 e. The molecule has 2 amide bonds. The van der Waals surface area contributed by atoms with Crippen LogP contribution in [0.4, 0.5) is 0 Å². The molecule has 1 N–H and O–H groups in total. The topological polar surface area (TPSA) is 86.8 Å². The maximum atomic E-state index is 13.1. The minimum Gasteiger partial charge on any atom is -0.353 e. The van der Waals surface area contributed by atoms with Crippen LogP contribution in [0.2, 0.25) is 0 Å². The number of sulfonamides is 1. The fourth-order valence-corrected chi connectivity index (χ4v) is 7.79. The molecule has 1 saturated carbocycles. The van der Waals surface area contributed by atoms with E-state index in [1.54, 1.807) is 5.38 Å². The van der Waals surface area contributed by atoms with Crippen molar-refractivity contribution in [2.45, 2.75) is 75.0 Å². The van der Waals surface area contributed by atoms with Gasteiger partial charge in [0.25, 0.3) is 15.9 Å². The fraction of sp³-hybridized carbons (Fsp3) is 0.739. The van der Waals surface area contributed by atoms with E-state index in [9.17, 15) is 18.0 Å². The lowest BCUT2D eigenvalue weighted by atomic mass is 9.93. The van der Waals surface area contributed by atoms with E-state index in [1.165, 1.54) is 29.6 Å². The summed E-state index contributed by atoms with van der Waals surface area (Å²) in [6.07, 6.45) is 8.75. The third kappa shape index (κ3) is 5.37. The van der Waals surface area contributed by atoms with E-state index in [2.05, 4.69) is 12.2 Å². The molecular weight excluding hydrogens is 446 g/mol. The lowest BCUT2D eigenvalue weighted by molar-refractivity contribution is -0.127. The maximum absolute atomic E-state index is 13.1. The van der Waals surface area contributed by atoms with Gasteiger partial charge >= 0.3 is 0 Å². The van der Waals surface area contributed by atoms with Crippen LogP contribution < -0.4 is 5.32 Å². The van der Waals surface area contributed by atoms with E-state index in [0.29, 0.717) is 37.4 Å². The van der Waals surface area contributed by atoms with E-state index in [0.717, 1.165) is 50.1 Å². The Morgan fingerprint density at radius 1 is 0.969 bits per heavy atom. The van der Waals surface area contributed by atoms with Crippen LogP contribution in [0.3, 0.4) is 0 Å². The van der Waals surface area contributed by atoms with Gasteiger partial charge in [0.2, 0.25) is 5.91 Å². The molecule has 0 aromatic carbocycles. The van der Waals surface area contributed by atoms with Gasteiger partial charge in [0.1, 0.15) is 4.21 Å². The molecule has 3 aliphatic rings. The number of nitrogens with zero attached hydrogens (tertiary/aromatic N) is 2. The molecule has 178 valence electrons. The number of hydrogen-bond acceptors (Lipinski definition) is 5. The van der Waals surface area contributed by atoms with E-state index in [1.807, 2.05) is 4.90 Å². The highest BCUT2D eigenvalue weighted by molar-refractivity contribution is 7.91. The quantitative estimate of drug-likeness (QED) is 0.698. The highest BCUT2D eigenvalue weighted by atomic mass is 32.2. The summed E-state index contributed by atoms with van der Waals surface area (Å²) in [5.74, 6) is 0.511. The van der Waals surface area contributed by atoms with E-state index >= 15 is 0 Å². The molecule has 0 unspecified atom stereocenters. The number of thiophene rings is 1. The summed E-state index contributed by atoms with van der Waals surface area (Å²) in [6.45, 7) is 4.34. The average molecular weight is 482 g/mol. The molecule has 2 saturated heterocycles. The Bertz CT molecular complexity index is 907. The fourth-order valence-electron chi connectivity index (χ4n) is 5.01. The van der Waals surface area contributed by atoms with Gasteiger partial charge in [-0.05, 0) is 50.5 Å². The van der Waals surface area contributed by atoms with Gasteiger partial charge in [0, 0.05) is 43.5 Å². The van der Waals surface area contributed by atoms with Crippen LogP contribution in [0, 0.1) is 11.8 Å². The van der Waals surface area contributed by atoms with Crippen molar-refractivity contribution in [3.63, 3.8) is 0 Å². The summed E-state index contributed by atoms with van der Waals surface area (Å²) < 4.78 is 28.0. The molecule has 7 nitrogen and oxygen atoms in total. The van der Waals surface area contributed by atoms with Crippen LogP contribution in [0.15, 0.2) is 15.7 Å². The first-order valence-corrected chi connectivity index (χ1v) is 14.3. The summed E-state index contributed by atoms with van der Waals surface area (Å²) in [5, 5.41) is 4.84. The Labute approximate surface area is 195 Å². The summed E-state index contributed by atoms with van der Waals surface area (Å²) in [6, 6.07) is 1.81. The number of piperidine rings is 2. The van der Waals surface area contributed by atoms with Gasteiger partial charge in [-0.3, -0.25) is 9.59 Å². The highest BCUT2D eigenvalue weighted by Crippen LogP contribution is 2.29. The second-order valence-corrected chi connectivity index (χ2v) is 12.7. The van der Waals surface area contributed by atoms with Crippen molar-refractivity contribution in [1.29, 1.82) is 0 Å². The van der Waals surface area contributed by atoms with Crippen LogP contribution in [0.5, 0.6) is 0 Å². The van der Waals surface area contributed by atoms with Crippen molar-refractivity contribution < 1.29 is 18.0 Å². The molecule has 1 aromatic rings. The predicted octanol–water partition coefficient (Wildman–Crippen LogP) is 3.47. The SMILES string of the molecule is CC1CCN(C(=O)c2csc(S(=O)(=O)N3CCC(C(=O)NC4CCCCC4)CC3)c2)CC1. The first-order valence-electron chi connectivity index (χ1n) is 12.0. The van der Waals surface area contributed by atoms with Crippen molar-refractivity contribution >= 4 is 33.2 Å². The van der Waals surface area contributed by atoms with E-state index in [-0.39, 0.29) is 28.0 Å². The molecule has 1 aliphatic carbocycles. The zero-order chi connectivity index (χ0) is 22.7. The monoisotopic (exact) mass is 481 g/mol. The lowest BCUT2D eigenvalue weighted by Crippen LogP contribution is -2.45. The standard InChI is InChI=1S/C23H35N3O4S2/c1-17-7-11-25(12-8-17)23(28)19-15-21(31-16-19)32(29,30)26-13-9-18(10-14-26)22(27)24-20-5-3-2-4-6-20/h15-18,20H,2-14H2,1H3,(H,24,27). The highest BCUT2D eigenvalue weighted by Gasteiger charge is 2.34. The second-order valence-electron chi connectivity index (χ2n) is 9.65. The summed E-state index contributed by atoms with van der Waals surface area (Å²) >= 11 is 1.12. The van der Waals surface area contributed by atoms with Crippen LogP contribution in [-0.4, -0.2) is 61.7 Å². The number of likely N-dealkylation sites (tertiary alicyclic amines) is 1. The third-order valence-electron chi connectivity index (χ3n) is 7.26. The number of nitrogens with one attached hydrogen (secondary N) is 1. The van der Waals surface area contributed by atoms with Gasteiger partial charge in [-0.15, -0.1) is 11.3 Å². The maximum Gasteiger partial charge on any atom is 0.254 e. The van der Waals surface area contributed by atoms with Gasteiger partial charge in [0.05, 0.1) is 5.56 Å². The number of amides is 2. The predicted molar refractivity (Wildman–Crippen MR) is 125 cm³/mol. The Hall–Kier alpha value is -1.45. The molecule has 0 bridgehead atoms. The second kappa shape index (κ2) is 10.2. The van der Waals surface area contributed by atoms with Gasteiger partial charge in [-0.2, -0.15) is 4.31 Å². The number of carbonyl (C=O) groups is 2. The van der Waals surface area contributed by atoms with Crippen LogP contribution in [0.1, 0.15) is 75.1 Å². The Morgan fingerprint density at radius 3 is 2.28 bits per heavy atom. The zero-order valence-electron chi connectivity index (χ0n) is 18.9. The largest absolute Gasteiger partial charge is 0.353 e.